The molecule has 0 atom stereocenters. The lowest BCUT2D eigenvalue weighted by molar-refractivity contribution is -0.111. The summed E-state index contributed by atoms with van der Waals surface area (Å²) in [5, 5.41) is 35.2. The summed E-state index contributed by atoms with van der Waals surface area (Å²) in [5.41, 5.74) is 5.50. The van der Waals surface area contributed by atoms with Crippen LogP contribution in [0.4, 0.5) is 17.1 Å². The third kappa shape index (κ3) is 8.02. The summed E-state index contributed by atoms with van der Waals surface area (Å²) in [5.74, 6) is -0.00431. The number of nitrogens with one attached hydrogen (secondary N) is 2. The van der Waals surface area contributed by atoms with Gasteiger partial charge in [-0.25, -0.2) is 0 Å². The van der Waals surface area contributed by atoms with Crippen LogP contribution < -0.4 is 15.4 Å². The second-order valence-electron chi connectivity index (χ2n) is 9.85. The second-order valence-corrected chi connectivity index (χ2v) is 9.85. The van der Waals surface area contributed by atoms with E-state index in [1.54, 1.807) is 24.5 Å². The summed E-state index contributed by atoms with van der Waals surface area (Å²) in [6.45, 7) is 8.10. The van der Waals surface area contributed by atoms with Crippen molar-refractivity contribution in [3.8, 4) is 11.8 Å². The number of rotatable bonds is 13. The van der Waals surface area contributed by atoms with Crippen LogP contribution in [0.15, 0.2) is 73.2 Å². The third-order valence-electron chi connectivity index (χ3n) is 6.65. The molecule has 4 rings (SSSR count). The highest BCUT2D eigenvalue weighted by atomic mass is 16.5. The number of aromatic nitrogens is 1. The van der Waals surface area contributed by atoms with Crippen molar-refractivity contribution >= 4 is 39.4 Å². The normalized spacial score (nSPS) is 14.0. The minimum absolute atomic E-state index is 0.0506. The summed E-state index contributed by atoms with van der Waals surface area (Å²) >= 11 is 0. The molecule has 1 aromatic heterocycles. The van der Waals surface area contributed by atoms with Crippen LogP contribution in [0.25, 0.3) is 16.5 Å². The van der Waals surface area contributed by atoms with Crippen LogP contribution in [0.1, 0.15) is 24.5 Å². The lowest BCUT2D eigenvalue weighted by Gasteiger charge is -2.17. The number of amides is 1. The standard InChI is InChI=1S/C32H35N5O5/c1-22(2)24-5-3-6-26(15-24)35-32-25(18-33)19-34-28-17-30(42-21-23-8-14-41-20-23)29(16-27(28)32)36-31(40)7-4-9-37(10-12-38)11-13-39/h3-7,15-17,19,21,38-39H,1,8-14,20H2,2H3,(H,34,35)(H,36,40)/b7-4+,23-21-. The Hall–Kier alpha value is -4.53. The maximum Gasteiger partial charge on any atom is 0.248 e. The van der Waals surface area contributed by atoms with Crippen LogP contribution in [0.3, 0.4) is 0 Å². The molecule has 218 valence electrons. The number of fused-ring (bicyclic) bond motifs is 1. The van der Waals surface area contributed by atoms with E-state index < -0.39 is 5.91 Å². The molecule has 0 saturated carbocycles. The molecule has 2 heterocycles. The molecule has 0 unspecified atom stereocenters. The van der Waals surface area contributed by atoms with Gasteiger partial charge in [0.05, 0.1) is 55.1 Å². The van der Waals surface area contributed by atoms with E-state index in [1.165, 1.54) is 12.3 Å². The van der Waals surface area contributed by atoms with Gasteiger partial charge in [0, 0.05) is 49.0 Å². The highest BCUT2D eigenvalue weighted by molar-refractivity contribution is 6.05. The zero-order valence-electron chi connectivity index (χ0n) is 23.6. The van der Waals surface area contributed by atoms with Gasteiger partial charge in [0.15, 0.2) is 5.75 Å². The van der Waals surface area contributed by atoms with Crippen molar-refractivity contribution in [2.75, 3.05) is 56.7 Å². The van der Waals surface area contributed by atoms with Gasteiger partial charge in [-0.05, 0) is 42.7 Å². The molecule has 10 heteroatoms. The Morgan fingerprint density at radius 3 is 2.76 bits per heavy atom. The van der Waals surface area contributed by atoms with E-state index in [9.17, 15) is 20.3 Å². The van der Waals surface area contributed by atoms with Crippen molar-refractivity contribution in [3.63, 3.8) is 0 Å². The van der Waals surface area contributed by atoms with E-state index in [0.717, 1.165) is 28.8 Å². The molecular formula is C32H35N5O5. The number of nitriles is 1. The minimum Gasteiger partial charge on any atom is -0.463 e. The minimum atomic E-state index is -0.392. The smallest absolute Gasteiger partial charge is 0.248 e. The molecule has 42 heavy (non-hydrogen) atoms. The number of carbonyl (C=O) groups excluding carboxylic acids is 1. The van der Waals surface area contributed by atoms with E-state index in [1.807, 2.05) is 36.1 Å². The summed E-state index contributed by atoms with van der Waals surface area (Å²) in [6.07, 6.45) is 6.96. The number of nitrogens with zero attached hydrogens (tertiary/aromatic N) is 3. The maximum absolute atomic E-state index is 13.0. The topological polar surface area (TPSA) is 140 Å². The van der Waals surface area contributed by atoms with Crippen molar-refractivity contribution < 1.29 is 24.5 Å². The van der Waals surface area contributed by atoms with Crippen molar-refractivity contribution in [2.45, 2.75) is 13.3 Å². The quantitative estimate of drug-likeness (QED) is 0.175. The number of hydrogen-bond acceptors (Lipinski definition) is 9. The number of aliphatic hydroxyl groups excluding tert-OH is 2. The van der Waals surface area contributed by atoms with Crippen LogP contribution in [-0.4, -0.2) is 72.1 Å². The third-order valence-corrected chi connectivity index (χ3v) is 6.65. The number of pyridine rings is 1. The van der Waals surface area contributed by atoms with Gasteiger partial charge < -0.3 is 30.3 Å². The van der Waals surface area contributed by atoms with E-state index in [0.29, 0.717) is 66.4 Å². The molecule has 1 amide bonds. The molecule has 2 aromatic carbocycles. The second kappa shape index (κ2) is 14.9. The Morgan fingerprint density at radius 1 is 1.26 bits per heavy atom. The van der Waals surface area contributed by atoms with E-state index in [2.05, 4.69) is 28.3 Å². The Balaban J connectivity index is 1.70. The molecule has 10 nitrogen and oxygen atoms in total. The molecular weight excluding hydrogens is 534 g/mol. The van der Waals surface area contributed by atoms with Crippen LogP contribution in [0, 0.1) is 11.3 Å². The number of aliphatic hydroxyl groups is 2. The SMILES string of the molecule is C=C(C)c1cccc(Nc2c(C#N)cnc3cc(O/C=C4/CCOC4)c(NC(=O)/C=C/CN(CCO)CCO)cc23)c1. The molecule has 0 bridgehead atoms. The predicted molar refractivity (Wildman–Crippen MR) is 163 cm³/mol. The zero-order chi connectivity index (χ0) is 29.9. The first-order valence-corrected chi connectivity index (χ1v) is 13.7. The first-order chi connectivity index (χ1) is 20.4. The summed E-state index contributed by atoms with van der Waals surface area (Å²) in [7, 11) is 0. The average molecular weight is 570 g/mol. The number of anilines is 3. The molecule has 0 aliphatic carbocycles. The monoisotopic (exact) mass is 569 g/mol. The van der Waals surface area contributed by atoms with E-state index in [-0.39, 0.29) is 13.2 Å². The fraction of sp³-hybridized carbons (Fsp3) is 0.281. The van der Waals surface area contributed by atoms with Gasteiger partial charge >= 0.3 is 0 Å². The van der Waals surface area contributed by atoms with Gasteiger partial charge in [-0.1, -0.05) is 30.4 Å². The van der Waals surface area contributed by atoms with Crippen LogP contribution in [-0.2, 0) is 9.53 Å². The van der Waals surface area contributed by atoms with Crippen molar-refractivity contribution in [3.05, 3.63) is 84.3 Å². The first kappa shape index (κ1) is 30.4. The Kier molecular flexibility index (Phi) is 10.8. The lowest BCUT2D eigenvalue weighted by atomic mass is 10.1. The summed E-state index contributed by atoms with van der Waals surface area (Å²) < 4.78 is 11.4. The van der Waals surface area contributed by atoms with Gasteiger partial charge in [-0.3, -0.25) is 14.7 Å². The van der Waals surface area contributed by atoms with E-state index >= 15 is 0 Å². The number of hydrogen-bond donors (Lipinski definition) is 4. The van der Waals surface area contributed by atoms with Gasteiger partial charge in [-0.15, -0.1) is 0 Å². The van der Waals surface area contributed by atoms with Crippen LogP contribution >= 0.6 is 0 Å². The number of allylic oxidation sites excluding steroid dienone is 1. The molecule has 0 radical (unpaired) electrons. The highest BCUT2D eigenvalue weighted by Crippen LogP contribution is 2.36. The predicted octanol–water partition coefficient (Wildman–Crippen LogP) is 4.35. The van der Waals surface area contributed by atoms with Gasteiger partial charge in [-0.2, -0.15) is 5.26 Å². The average Bonchev–Trinajstić information content (AvgIpc) is 3.50. The van der Waals surface area contributed by atoms with Crippen molar-refractivity contribution in [2.24, 2.45) is 0 Å². The molecule has 0 spiro atoms. The first-order valence-electron chi connectivity index (χ1n) is 13.7. The molecule has 3 aromatic rings. The highest BCUT2D eigenvalue weighted by Gasteiger charge is 2.16. The van der Waals surface area contributed by atoms with Gasteiger partial charge in [0.25, 0.3) is 0 Å². The fourth-order valence-corrected chi connectivity index (χ4v) is 4.42. The Bertz CT molecular complexity index is 1530. The summed E-state index contributed by atoms with van der Waals surface area (Å²) in [6, 6.07) is 13.4. The fourth-order valence-electron chi connectivity index (χ4n) is 4.42. The zero-order valence-corrected chi connectivity index (χ0v) is 23.6. The van der Waals surface area contributed by atoms with Gasteiger partial charge in [0.1, 0.15) is 6.07 Å². The lowest BCUT2D eigenvalue weighted by Crippen LogP contribution is -2.30. The molecule has 1 aliphatic heterocycles. The number of benzene rings is 2. The molecule has 1 fully saturated rings. The number of ether oxygens (including phenoxy) is 2. The van der Waals surface area contributed by atoms with Gasteiger partial charge in [0.2, 0.25) is 5.91 Å². The van der Waals surface area contributed by atoms with E-state index in [4.69, 9.17) is 9.47 Å². The molecule has 4 N–H and O–H groups in total. The molecule has 1 saturated heterocycles. The van der Waals surface area contributed by atoms with Crippen molar-refractivity contribution in [1.82, 2.24) is 9.88 Å². The number of carbonyl (C=O) groups is 1. The maximum atomic E-state index is 13.0. The Morgan fingerprint density at radius 2 is 2.07 bits per heavy atom. The largest absolute Gasteiger partial charge is 0.463 e. The van der Waals surface area contributed by atoms with Crippen LogP contribution in [0.5, 0.6) is 5.75 Å². The van der Waals surface area contributed by atoms with Crippen molar-refractivity contribution in [1.29, 1.82) is 5.26 Å². The molecule has 1 aliphatic rings. The summed E-state index contributed by atoms with van der Waals surface area (Å²) in [4.78, 5) is 19.3. The van der Waals surface area contributed by atoms with Crippen LogP contribution in [0.2, 0.25) is 0 Å². The Labute approximate surface area is 245 Å².